The summed E-state index contributed by atoms with van der Waals surface area (Å²) in [6.45, 7) is 14.0. The molecule has 0 radical (unpaired) electrons. The molecule has 0 N–H and O–H groups in total. The minimum atomic E-state index is -2.99. The third kappa shape index (κ3) is 8.63. The van der Waals surface area contributed by atoms with Gasteiger partial charge in [0.25, 0.3) is 0 Å². The fourth-order valence-corrected chi connectivity index (χ4v) is 15.6. The van der Waals surface area contributed by atoms with Crippen LogP contribution in [0.3, 0.4) is 0 Å². The van der Waals surface area contributed by atoms with Gasteiger partial charge in [0.1, 0.15) is 0 Å². The van der Waals surface area contributed by atoms with Gasteiger partial charge >= 0.3 is 318 Å². The van der Waals surface area contributed by atoms with Crippen LogP contribution >= 0.6 is 71.2 Å². The molecule has 264 valence electrons. The van der Waals surface area contributed by atoms with Gasteiger partial charge in [0.2, 0.25) is 0 Å². The molecule has 0 fully saturated rings. The molecule has 0 aliphatic heterocycles. The molecule has 0 saturated carbocycles. The van der Waals surface area contributed by atoms with Gasteiger partial charge in [-0.3, -0.25) is 0 Å². The van der Waals surface area contributed by atoms with Gasteiger partial charge in [0.05, 0.1) is 0 Å². The molecule has 0 heterocycles. The molecule has 4 aromatic carbocycles. The second-order valence-corrected chi connectivity index (χ2v) is 22.3. The Morgan fingerprint density at radius 2 is 1.12 bits per heavy atom. The largest absolute Gasteiger partial charge is 0.147 e. The molecule has 4 aromatic rings. The summed E-state index contributed by atoms with van der Waals surface area (Å²) in [6, 6.07) is 25.8. The molecule has 7 heteroatoms. The number of alkyl halides is 4. The van der Waals surface area contributed by atoms with Crippen LogP contribution < -0.4 is 3.27 Å². The molecule has 0 unspecified atom stereocenters. The summed E-state index contributed by atoms with van der Waals surface area (Å²) in [5, 5.41) is 0. The second kappa shape index (κ2) is 16.9. The molecule has 50 heavy (non-hydrogen) atoms. The Bertz CT molecular complexity index is 1890. The summed E-state index contributed by atoms with van der Waals surface area (Å²) in [6.07, 6.45) is 8.92. The zero-order chi connectivity index (χ0) is 34.4. The van der Waals surface area contributed by atoms with E-state index in [0.717, 1.165) is 35.1 Å². The monoisotopic (exact) mass is 862 g/mol. The van der Waals surface area contributed by atoms with Crippen molar-refractivity contribution in [3.05, 3.63) is 144 Å². The smallest absolute Gasteiger partial charge is 0.147 e. The number of halogens is 6. The van der Waals surface area contributed by atoms with E-state index in [2.05, 4.69) is 127 Å². The van der Waals surface area contributed by atoms with E-state index in [4.69, 9.17) is 46.4 Å². The van der Waals surface area contributed by atoms with Crippen molar-refractivity contribution >= 4 is 77.7 Å². The Balaban J connectivity index is 0.00000281. The van der Waals surface area contributed by atoms with E-state index in [-0.39, 0.29) is 35.6 Å². The standard InChI is InChI=1S/C21H25.C17H14Cl4.C5H5.2ClH.Zr/c1-20(2,3)16-9-7-14-11-15-8-10-17(21(4,5)6)13-19(15)18(14)12-16;18-8-14-2-12(3-15(6-14)9-19)1-13-4-16(10-20)7-17(5-13)11-21;1-2-4-5-3-1;;;/h7,9-10,12-13H,11H2,1-6H3;2-7H,8-11H2;1-3H,4H2;2*1H;. The second-order valence-electron chi connectivity index (χ2n) is 15.3. The van der Waals surface area contributed by atoms with Gasteiger partial charge in [-0.05, 0) is 0 Å². The predicted octanol–water partition coefficient (Wildman–Crippen LogP) is 13.0. The van der Waals surface area contributed by atoms with Crippen molar-refractivity contribution in [2.45, 2.75) is 88.7 Å². The number of benzene rings is 4. The Morgan fingerprint density at radius 1 is 0.620 bits per heavy atom. The van der Waals surface area contributed by atoms with Crippen LogP contribution in [0.25, 0.3) is 11.1 Å². The van der Waals surface area contributed by atoms with Crippen LogP contribution in [0.5, 0.6) is 0 Å². The topological polar surface area (TPSA) is 0 Å². The zero-order valence-electron chi connectivity index (χ0n) is 29.7. The molecule has 0 bridgehead atoms. The average molecular weight is 867 g/mol. The minimum absolute atomic E-state index is 0. The summed E-state index contributed by atoms with van der Waals surface area (Å²) in [5.74, 6) is 1.73. The van der Waals surface area contributed by atoms with E-state index in [0.29, 0.717) is 23.5 Å². The summed E-state index contributed by atoms with van der Waals surface area (Å²) < 4.78 is 4.56. The Morgan fingerprint density at radius 3 is 1.56 bits per heavy atom. The molecular weight excluding hydrogens is 820 g/mol. The quantitative estimate of drug-likeness (QED) is 0.136. The van der Waals surface area contributed by atoms with Crippen molar-refractivity contribution in [2.24, 2.45) is 0 Å². The number of hydrogen-bond acceptors (Lipinski definition) is 0. The van der Waals surface area contributed by atoms with Gasteiger partial charge < -0.3 is 0 Å². The van der Waals surface area contributed by atoms with E-state index < -0.39 is 21.3 Å². The summed E-state index contributed by atoms with van der Waals surface area (Å²) >= 11 is 23.2. The fraction of sp³-hybridized carbons (Fsp3) is 0.326. The normalized spacial score (nSPS) is 13.3. The van der Waals surface area contributed by atoms with E-state index in [1.807, 2.05) is 0 Å². The molecule has 0 saturated heterocycles. The number of rotatable bonds is 8. The van der Waals surface area contributed by atoms with E-state index in [9.17, 15) is 0 Å². The SMILES string of the molecule is CC(C)(C)c1ccc2c(c1)-c1cc(C(C)(C)C)c[c]([Zr]([C]3=CC=CC3)=[C](c3cc(CCl)cc(CCl)c3)c3cc(CCl)cc(CCl)c3)c1C2.Cl.Cl. The first kappa shape index (κ1) is 41.6. The van der Waals surface area contributed by atoms with Crippen LogP contribution in [0.4, 0.5) is 0 Å². The third-order valence-electron chi connectivity index (χ3n) is 9.66. The van der Waals surface area contributed by atoms with Crippen LogP contribution in [-0.4, -0.2) is 3.21 Å². The molecule has 0 amide bonds. The fourth-order valence-electron chi connectivity index (χ4n) is 7.08. The van der Waals surface area contributed by atoms with Gasteiger partial charge in [-0.2, -0.15) is 0 Å². The van der Waals surface area contributed by atoms with Gasteiger partial charge in [-0.15, -0.1) is 24.8 Å². The molecular formula is C43H46Cl6Zr. The maximum atomic E-state index is 6.55. The van der Waals surface area contributed by atoms with Gasteiger partial charge in [-0.1, -0.05) is 0 Å². The Kier molecular flexibility index (Phi) is 14.1. The van der Waals surface area contributed by atoms with Crippen LogP contribution in [0, 0.1) is 0 Å². The van der Waals surface area contributed by atoms with Crippen molar-refractivity contribution in [1.29, 1.82) is 0 Å². The molecule has 0 spiro atoms. The van der Waals surface area contributed by atoms with E-state index in [1.54, 1.807) is 6.55 Å². The molecule has 2 aliphatic rings. The molecule has 2 aliphatic carbocycles. The molecule has 0 aromatic heterocycles. The molecule has 0 atom stereocenters. The van der Waals surface area contributed by atoms with Crippen LogP contribution in [-0.2, 0) is 62.0 Å². The maximum absolute atomic E-state index is 6.55. The Hall–Kier alpha value is -1.15. The van der Waals surface area contributed by atoms with E-state index in [1.165, 1.54) is 47.7 Å². The first-order valence-corrected chi connectivity index (χ1v) is 22.6. The molecule has 6 rings (SSSR count). The summed E-state index contributed by atoms with van der Waals surface area (Å²) in [5.41, 5.74) is 15.4. The first-order valence-electron chi connectivity index (χ1n) is 16.8. The van der Waals surface area contributed by atoms with Crippen molar-refractivity contribution in [1.82, 2.24) is 0 Å². The predicted molar refractivity (Wildman–Crippen MR) is 222 cm³/mol. The zero-order valence-corrected chi connectivity index (χ0v) is 36.8. The van der Waals surface area contributed by atoms with Crippen LogP contribution in [0.2, 0.25) is 0 Å². The van der Waals surface area contributed by atoms with Crippen LogP contribution in [0.1, 0.15) is 104 Å². The maximum Gasteiger partial charge on any atom is -0.147 e. The minimum Gasteiger partial charge on any atom is -0.147 e. The first-order chi connectivity index (χ1) is 22.8. The summed E-state index contributed by atoms with van der Waals surface area (Å²) in [4.78, 5) is 0. The number of hydrogen-bond donors (Lipinski definition) is 0. The van der Waals surface area contributed by atoms with Crippen molar-refractivity contribution in [2.75, 3.05) is 0 Å². The number of allylic oxidation sites excluding steroid dienone is 4. The van der Waals surface area contributed by atoms with Crippen LogP contribution in [0.15, 0.2) is 88.2 Å². The third-order valence-corrected chi connectivity index (χ3v) is 18.5. The van der Waals surface area contributed by atoms with E-state index >= 15 is 0 Å². The molecule has 0 nitrogen and oxygen atoms in total. The van der Waals surface area contributed by atoms with Crippen molar-refractivity contribution in [3.8, 4) is 11.1 Å². The number of fused-ring (bicyclic) bond motifs is 3. The average Bonchev–Trinajstić information content (AvgIpc) is 3.73. The summed E-state index contributed by atoms with van der Waals surface area (Å²) in [7, 11) is 0. The van der Waals surface area contributed by atoms with Gasteiger partial charge in [0, 0.05) is 0 Å². The Labute approximate surface area is 339 Å². The van der Waals surface area contributed by atoms with Gasteiger partial charge in [-0.25, -0.2) is 0 Å². The van der Waals surface area contributed by atoms with Gasteiger partial charge in [0.15, 0.2) is 0 Å². The van der Waals surface area contributed by atoms with Crippen molar-refractivity contribution in [3.63, 3.8) is 0 Å². The van der Waals surface area contributed by atoms with Crippen molar-refractivity contribution < 1.29 is 21.3 Å².